The summed E-state index contributed by atoms with van der Waals surface area (Å²) in [4.78, 5) is 14.6. The number of nitrogens with zero attached hydrogens (tertiary/aromatic N) is 3. The Morgan fingerprint density at radius 1 is 0.931 bits per heavy atom. The molecule has 0 atom stereocenters. The zero-order chi connectivity index (χ0) is 20.6. The minimum atomic E-state index is -0.240. The van der Waals surface area contributed by atoms with Crippen LogP contribution in [0.3, 0.4) is 0 Å². The molecule has 0 saturated heterocycles. The average Bonchev–Trinajstić information content (AvgIpc) is 2.75. The summed E-state index contributed by atoms with van der Waals surface area (Å²) in [6.07, 6.45) is 0. The molecule has 0 fully saturated rings. The van der Waals surface area contributed by atoms with E-state index in [-0.39, 0.29) is 5.91 Å². The molecule has 2 aromatic carbocycles. The lowest BCUT2D eigenvalue weighted by Gasteiger charge is -2.21. The number of hydrogen-bond donors (Lipinski definition) is 2. The van der Waals surface area contributed by atoms with Gasteiger partial charge in [-0.3, -0.25) is 4.79 Å². The summed E-state index contributed by atoms with van der Waals surface area (Å²) in [5, 5.41) is 14.3. The van der Waals surface area contributed by atoms with E-state index >= 15 is 0 Å². The molecule has 1 aromatic heterocycles. The van der Waals surface area contributed by atoms with Crippen LogP contribution in [-0.4, -0.2) is 29.2 Å². The Bertz CT molecular complexity index is 934. The second-order valence-electron chi connectivity index (χ2n) is 6.76. The predicted octanol–water partition coefficient (Wildman–Crippen LogP) is 4.30. The predicted molar refractivity (Wildman–Crippen MR) is 118 cm³/mol. The minimum Gasteiger partial charge on any atom is -0.372 e. The summed E-state index contributed by atoms with van der Waals surface area (Å²) in [5.41, 5.74) is 4.63. The Labute approximate surface area is 172 Å². The molecule has 3 aromatic rings. The van der Waals surface area contributed by atoms with Crippen molar-refractivity contribution in [1.29, 1.82) is 0 Å². The summed E-state index contributed by atoms with van der Waals surface area (Å²) in [6.45, 7) is 8.72. The van der Waals surface area contributed by atoms with Gasteiger partial charge in [0.25, 0.3) is 5.91 Å². The molecule has 2 N–H and O–H groups in total. The summed E-state index contributed by atoms with van der Waals surface area (Å²) in [5.74, 6) is 0.354. The molecule has 3 rings (SSSR count). The van der Waals surface area contributed by atoms with Gasteiger partial charge in [0.1, 0.15) is 0 Å². The molecule has 0 spiro atoms. The van der Waals surface area contributed by atoms with E-state index in [1.165, 1.54) is 5.69 Å². The van der Waals surface area contributed by atoms with Gasteiger partial charge in [0, 0.05) is 31.0 Å². The third-order valence-corrected chi connectivity index (χ3v) is 4.87. The Balaban J connectivity index is 1.58. The average molecular weight is 390 g/mol. The van der Waals surface area contributed by atoms with Crippen molar-refractivity contribution in [2.24, 2.45) is 0 Å². The smallest absolute Gasteiger partial charge is 0.272 e. The Morgan fingerprint density at radius 2 is 1.66 bits per heavy atom. The molecule has 0 bridgehead atoms. The first-order valence-electron chi connectivity index (χ1n) is 9.89. The molecule has 6 heteroatoms. The molecular weight excluding hydrogens is 362 g/mol. The van der Waals surface area contributed by atoms with Crippen molar-refractivity contribution in [1.82, 2.24) is 15.5 Å². The van der Waals surface area contributed by atoms with Crippen molar-refractivity contribution >= 4 is 23.1 Å². The van der Waals surface area contributed by atoms with Crippen LogP contribution >= 0.6 is 0 Å². The van der Waals surface area contributed by atoms with Crippen molar-refractivity contribution in [3.8, 4) is 0 Å². The van der Waals surface area contributed by atoms with Gasteiger partial charge < -0.3 is 15.5 Å². The number of anilines is 3. The maximum absolute atomic E-state index is 12.3. The van der Waals surface area contributed by atoms with Crippen LogP contribution in [0.15, 0.2) is 60.7 Å². The first-order valence-corrected chi connectivity index (χ1v) is 9.89. The van der Waals surface area contributed by atoms with Crippen molar-refractivity contribution in [3.05, 3.63) is 77.5 Å². The number of aryl methyl sites for hydroxylation is 1. The highest BCUT2D eigenvalue weighted by molar-refractivity contribution is 5.92. The van der Waals surface area contributed by atoms with E-state index < -0.39 is 0 Å². The monoisotopic (exact) mass is 389 g/mol. The zero-order valence-electron chi connectivity index (χ0n) is 17.1. The van der Waals surface area contributed by atoms with E-state index in [2.05, 4.69) is 51.7 Å². The lowest BCUT2D eigenvalue weighted by molar-refractivity contribution is 0.0945. The third kappa shape index (κ3) is 5.31. The van der Waals surface area contributed by atoms with E-state index in [4.69, 9.17) is 0 Å². The standard InChI is InChI=1S/C23H27N5O/c1-4-28(5-2)20-12-10-19(11-13-20)25-22-15-14-21(26-27-22)23(29)24-16-18-9-7-6-8-17(18)3/h6-15H,4-5,16H2,1-3H3,(H,24,29)(H,25,27). The fraction of sp³-hybridized carbons (Fsp3) is 0.261. The minimum absolute atomic E-state index is 0.240. The first kappa shape index (κ1) is 20.3. The Hall–Kier alpha value is -3.41. The second-order valence-corrected chi connectivity index (χ2v) is 6.76. The number of nitrogens with one attached hydrogen (secondary N) is 2. The van der Waals surface area contributed by atoms with E-state index in [1.54, 1.807) is 12.1 Å². The number of benzene rings is 2. The van der Waals surface area contributed by atoms with Crippen molar-refractivity contribution in [3.63, 3.8) is 0 Å². The maximum atomic E-state index is 12.3. The van der Waals surface area contributed by atoms with Crippen LogP contribution in [0, 0.1) is 6.92 Å². The molecule has 6 nitrogen and oxygen atoms in total. The van der Waals surface area contributed by atoms with Gasteiger partial charge in [0.2, 0.25) is 0 Å². The molecule has 0 aliphatic rings. The fourth-order valence-corrected chi connectivity index (χ4v) is 3.09. The summed E-state index contributed by atoms with van der Waals surface area (Å²) in [7, 11) is 0. The van der Waals surface area contributed by atoms with Gasteiger partial charge in [-0.15, -0.1) is 10.2 Å². The number of rotatable bonds is 8. The highest BCUT2D eigenvalue weighted by Gasteiger charge is 2.09. The fourth-order valence-electron chi connectivity index (χ4n) is 3.09. The highest BCUT2D eigenvalue weighted by atomic mass is 16.1. The van der Waals surface area contributed by atoms with E-state index in [0.717, 1.165) is 29.9 Å². The van der Waals surface area contributed by atoms with Gasteiger partial charge in [0.15, 0.2) is 11.5 Å². The molecule has 150 valence electrons. The largest absolute Gasteiger partial charge is 0.372 e. The summed E-state index contributed by atoms with van der Waals surface area (Å²) < 4.78 is 0. The van der Waals surface area contributed by atoms with E-state index in [0.29, 0.717) is 18.1 Å². The Morgan fingerprint density at radius 3 is 2.28 bits per heavy atom. The third-order valence-electron chi connectivity index (χ3n) is 4.87. The van der Waals surface area contributed by atoms with Crippen LogP contribution in [0.5, 0.6) is 0 Å². The number of amides is 1. The molecular formula is C23H27N5O. The summed E-state index contributed by atoms with van der Waals surface area (Å²) in [6, 6.07) is 19.6. The number of carbonyl (C=O) groups excluding carboxylic acids is 1. The molecule has 1 amide bonds. The van der Waals surface area contributed by atoms with Crippen LogP contribution < -0.4 is 15.5 Å². The molecule has 0 aliphatic carbocycles. The topological polar surface area (TPSA) is 70.2 Å². The van der Waals surface area contributed by atoms with Gasteiger partial charge in [-0.2, -0.15) is 0 Å². The van der Waals surface area contributed by atoms with Crippen molar-refractivity contribution < 1.29 is 4.79 Å². The van der Waals surface area contributed by atoms with Gasteiger partial charge in [-0.1, -0.05) is 24.3 Å². The Kier molecular flexibility index (Phi) is 6.79. The summed E-state index contributed by atoms with van der Waals surface area (Å²) >= 11 is 0. The number of hydrogen-bond acceptors (Lipinski definition) is 5. The lowest BCUT2D eigenvalue weighted by atomic mass is 10.1. The quantitative estimate of drug-likeness (QED) is 0.601. The number of aromatic nitrogens is 2. The second kappa shape index (κ2) is 9.68. The molecule has 1 heterocycles. The van der Waals surface area contributed by atoms with Crippen molar-refractivity contribution in [2.75, 3.05) is 23.3 Å². The lowest BCUT2D eigenvalue weighted by Crippen LogP contribution is -2.24. The SMILES string of the molecule is CCN(CC)c1ccc(Nc2ccc(C(=O)NCc3ccccc3C)nn2)cc1. The molecule has 29 heavy (non-hydrogen) atoms. The van der Waals surface area contributed by atoms with Crippen LogP contribution in [0.1, 0.15) is 35.5 Å². The zero-order valence-corrected chi connectivity index (χ0v) is 17.1. The van der Waals surface area contributed by atoms with Gasteiger partial charge in [-0.25, -0.2) is 0 Å². The molecule has 0 aliphatic heterocycles. The van der Waals surface area contributed by atoms with E-state index in [9.17, 15) is 4.79 Å². The van der Waals surface area contributed by atoms with Gasteiger partial charge in [0.05, 0.1) is 0 Å². The van der Waals surface area contributed by atoms with Gasteiger partial charge >= 0.3 is 0 Å². The molecule has 0 radical (unpaired) electrons. The first-order chi connectivity index (χ1) is 14.1. The maximum Gasteiger partial charge on any atom is 0.272 e. The molecule has 0 saturated carbocycles. The van der Waals surface area contributed by atoms with Crippen LogP contribution in [0.2, 0.25) is 0 Å². The normalized spacial score (nSPS) is 10.4. The van der Waals surface area contributed by atoms with Crippen LogP contribution in [-0.2, 0) is 6.54 Å². The van der Waals surface area contributed by atoms with Crippen molar-refractivity contribution in [2.45, 2.75) is 27.3 Å². The van der Waals surface area contributed by atoms with Gasteiger partial charge in [-0.05, 0) is 68.3 Å². The molecule has 0 unspecified atom stereocenters. The van der Waals surface area contributed by atoms with E-state index in [1.807, 2.05) is 43.3 Å². The van der Waals surface area contributed by atoms with Crippen LogP contribution in [0.4, 0.5) is 17.2 Å². The highest BCUT2D eigenvalue weighted by Crippen LogP contribution is 2.20. The number of carbonyl (C=O) groups is 1. The van der Waals surface area contributed by atoms with Crippen LogP contribution in [0.25, 0.3) is 0 Å².